The zero-order valence-electron chi connectivity index (χ0n) is 12.0. The smallest absolute Gasteiger partial charge is 0.128 e. The molecule has 3 rings (SSSR count). The molecule has 0 amide bonds. The van der Waals surface area contributed by atoms with Crippen LogP contribution in [-0.2, 0) is 20.0 Å². The number of fused-ring (bicyclic) bond motifs is 1. The number of halogens is 2. The summed E-state index contributed by atoms with van der Waals surface area (Å²) in [4.78, 5) is 4.51. The lowest BCUT2D eigenvalue weighted by Gasteiger charge is -2.07. The molecule has 0 atom stereocenters. The zero-order chi connectivity index (χ0) is 15.0. The molecule has 0 aliphatic heterocycles. The summed E-state index contributed by atoms with van der Waals surface area (Å²) < 4.78 is 17.5. The van der Waals surface area contributed by atoms with Crippen molar-refractivity contribution in [1.29, 1.82) is 0 Å². The average molecular weight is 307 g/mol. The van der Waals surface area contributed by atoms with E-state index in [4.69, 9.17) is 11.6 Å². The van der Waals surface area contributed by atoms with Crippen molar-refractivity contribution in [3.63, 3.8) is 0 Å². The van der Waals surface area contributed by atoms with E-state index in [-0.39, 0.29) is 5.82 Å². The normalized spacial score (nSPS) is 11.4. The minimum absolute atomic E-state index is 0.234. The fourth-order valence-electron chi connectivity index (χ4n) is 2.46. The molecular formula is C15H16ClFN4. The molecule has 0 saturated heterocycles. The molecular weight excluding hydrogens is 291 g/mol. The van der Waals surface area contributed by atoms with Gasteiger partial charge < -0.3 is 4.57 Å². The van der Waals surface area contributed by atoms with E-state index in [2.05, 4.69) is 14.6 Å². The van der Waals surface area contributed by atoms with Crippen LogP contribution >= 0.6 is 11.6 Å². The molecule has 0 bridgehead atoms. The minimum atomic E-state index is -0.234. The first kappa shape index (κ1) is 14.1. The third-order valence-electron chi connectivity index (χ3n) is 3.51. The summed E-state index contributed by atoms with van der Waals surface area (Å²) >= 11 is 5.86. The van der Waals surface area contributed by atoms with Crippen LogP contribution in [0, 0.1) is 12.7 Å². The molecule has 0 N–H and O–H groups in total. The van der Waals surface area contributed by atoms with Gasteiger partial charge in [-0.3, -0.25) is 4.68 Å². The summed E-state index contributed by atoms with van der Waals surface area (Å²) in [5.74, 6) is 1.10. The van der Waals surface area contributed by atoms with Crippen molar-refractivity contribution in [2.45, 2.75) is 19.9 Å². The van der Waals surface area contributed by atoms with E-state index in [1.807, 2.05) is 25.4 Å². The van der Waals surface area contributed by atoms with Crippen LogP contribution in [-0.4, -0.2) is 25.2 Å². The first-order chi connectivity index (χ1) is 10.1. The highest BCUT2D eigenvalue weighted by Crippen LogP contribution is 2.22. The Morgan fingerprint density at radius 3 is 2.81 bits per heavy atom. The molecule has 2 aromatic heterocycles. The van der Waals surface area contributed by atoms with Crippen molar-refractivity contribution in [3.05, 3.63) is 47.3 Å². The van der Waals surface area contributed by atoms with Crippen LogP contribution in [0.15, 0.2) is 24.4 Å². The number of nitrogens with zero attached hydrogens (tertiary/aromatic N) is 4. The van der Waals surface area contributed by atoms with Gasteiger partial charge in [0.1, 0.15) is 11.6 Å². The van der Waals surface area contributed by atoms with E-state index in [0.29, 0.717) is 29.9 Å². The van der Waals surface area contributed by atoms with Gasteiger partial charge in [0, 0.05) is 31.6 Å². The van der Waals surface area contributed by atoms with Crippen LogP contribution in [0.5, 0.6) is 0 Å². The SMILES string of the molecule is Cc1cc2c(cc1F)nc(CCCl)n2Cc1ccn(C)n1. The van der Waals surface area contributed by atoms with E-state index in [0.717, 1.165) is 17.0 Å². The van der Waals surface area contributed by atoms with Crippen molar-refractivity contribution >= 4 is 22.6 Å². The average Bonchev–Trinajstić information content (AvgIpc) is 2.97. The lowest BCUT2D eigenvalue weighted by molar-refractivity contribution is 0.620. The van der Waals surface area contributed by atoms with Crippen molar-refractivity contribution in [1.82, 2.24) is 19.3 Å². The molecule has 0 spiro atoms. The third-order valence-corrected chi connectivity index (χ3v) is 3.70. The van der Waals surface area contributed by atoms with E-state index in [1.165, 1.54) is 6.07 Å². The Balaban J connectivity index is 2.12. The topological polar surface area (TPSA) is 35.6 Å². The number of hydrogen-bond donors (Lipinski definition) is 0. The van der Waals surface area contributed by atoms with E-state index >= 15 is 0 Å². The van der Waals surface area contributed by atoms with Gasteiger partial charge in [-0.1, -0.05) is 0 Å². The summed E-state index contributed by atoms with van der Waals surface area (Å²) in [6.07, 6.45) is 2.55. The van der Waals surface area contributed by atoms with Crippen molar-refractivity contribution in [2.75, 3.05) is 5.88 Å². The van der Waals surface area contributed by atoms with E-state index < -0.39 is 0 Å². The number of alkyl halides is 1. The summed E-state index contributed by atoms with van der Waals surface area (Å²) in [5, 5.41) is 4.39. The maximum Gasteiger partial charge on any atom is 0.128 e. The molecule has 0 aliphatic carbocycles. The summed E-state index contributed by atoms with van der Waals surface area (Å²) in [6.45, 7) is 2.36. The lowest BCUT2D eigenvalue weighted by Crippen LogP contribution is -2.07. The Hall–Kier alpha value is -1.88. The van der Waals surface area contributed by atoms with Gasteiger partial charge in [0.2, 0.25) is 0 Å². The van der Waals surface area contributed by atoms with Crippen LogP contribution < -0.4 is 0 Å². The predicted octanol–water partition coefficient (Wildman–Crippen LogP) is 3.05. The Kier molecular flexibility index (Phi) is 3.68. The first-order valence-electron chi connectivity index (χ1n) is 6.78. The molecule has 21 heavy (non-hydrogen) atoms. The van der Waals surface area contributed by atoms with E-state index in [9.17, 15) is 4.39 Å². The highest BCUT2D eigenvalue weighted by atomic mass is 35.5. The Morgan fingerprint density at radius 1 is 1.33 bits per heavy atom. The number of rotatable bonds is 4. The van der Waals surface area contributed by atoms with E-state index in [1.54, 1.807) is 11.6 Å². The minimum Gasteiger partial charge on any atom is -0.322 e. The van der Waals surface area contributed by atoms with Crippen molar-refractivity contribution in [3.8, 4) is 0 Å². The second kappa shape index (κ2) is 5.48. The number of hydrogen-bond acceptors (Lipinski definition) is 2. The molecule has 0 unspecified atom stereocenters. The Bertz CT molecular complexity index is 790. The fourth-order valence-corrected chi connectivity index (χ4v) is 2.63. The molecule has 1 aromatic carbocycles. The fraction of sp³-hybridized carbons (Fsp3) is 0.333. The van der Waals surface area contributed by atoms with Gasteiger partial charge in [-0.05, 0) is 24.6 Å². The second-order valence-corrected chi connectivity index (χ2v) is 5.50. The van der Waals surface area contributed by atoms with Gasteiger partial charge >= 0.3 is 0 Å². The number of imidazole rings is 1. The molecule has 6 heteroatoms. The molecule has 3 aromatic rings. The zero-order valence-corrected chi connectivity index (χ0v) is 12.7. The van der Waals surface area contributed by atoms with Gasteiger partial charge in [0.05, 0.1) is 23.3 Å². The third kappa shape index (κ3) is 2.65. The highest BCUT2D eigenvalue weighted by molar-refractivity contribution is 6.17. The Labute approximate surface area is 127 Å². The summed E-state index contributed by atoms with van der Waals surface area (Å²) in [6, 6.07) is 5.28. The van der Waals surface area contributed by atoms with Crippen LogP contribution in [0.3, 0.4) is 0 Å². The summed E-state index contributed by atoms with van der Waals surface area (Å²) in [5.41, 5.74) is 3.13. The Morgan fingerprint density at radius 2 is 2.14 bits per heavy atom. The quantitative estimate of drug-likeness (QED) is 0.695. The maximum absolute atomic E-state index is 13.7. The van der Waals surface area contributed by atoms with Crippen LogP contribution in [0.2, 0.25) is 0 Å². The van der Waals surface area contributed by atoms with Crippen LogP contribution in [0.1, 0.15) is 17.1 Å². The molecule has 2 heterocycles. The molecule has 0 fully saturated rings. The van der Waals surface area contributed by atoms with Crippen molar-refractivity contribution in [2.24, 2.45) is 7.05 Å². The highest BCUT2D eigenvalue weighted by Gasteiger charge is 2.14. The van der Waals surface area contributed by atoms with Crippen LogP contribution in [0.25, 0.3) is 11.0 Å². The van der Waals surface area contributed by atoms with Gasteiger partial charge in [-0.15, -0.1) is 11.6 Å². The number of aryl methyl sites for hydroxylation is 3. The number of benzene rings is 1. The molecule has 0 saturated carbocycles. The van der Waals surface area contributed by atoms with Gasteiger partial charge in [-0.2, -0.15) is 5.10 Å². The lowest BCUT2D eigenvalue weighted by atomic mass is 10.2. The largest absolute Gasteiger partial charge is 0.322 e. The first-order valence-corrected chi connectivity index (χ1v) is 7.31. The standard InChI is InChI=1S/C15H16ClFN4/c1-10-7-14-13(8-12(10)17)18-15(3-5-16)21(14)9-11-4-6-20(2)19-11/h4,6-8H,3,5,9H2,1-2H3. The second-order valence-electron chi connectivity index (χ2n) is 5.12. The van der Waals surface area contributed by atoms with Crippen molar-refractivity contribution < 1.29 is 4.39 Å². The van der Waals surface area contributed by atoms with Gasteiger partial charge in [0.25, 0.3) is 0 Å². The molecule has 0 radical (unpaired) electrons. The predicted molar refractivity (Wildman–Crippen MR) is 81.2 cm³/mol. The molecule has 0 aliphatic rings. The number of aromatic nitrogens is 4. The van der Waals surface area contributed by atoms with Gasteiger partial charge in [-0.25, -0.2) is 9.37 Å². The van der Waals surface area contributed by atoms with Gasteiger partial charge in [0.15, 0.2) is 0 Å². The monoisotopic (exact) mass is 306 g/mol. The maximum atomic E-state index is 13.7. The molecule has 4 nitrogen and oxygen atoms in total. The van der Waals surface area contributed by atoms with Crippen LogP contribution in [0.4, 0.5) is 4.39 Å². The molecule has 110 valence electrons. The summed E-state index contributed by atoms with van der Waals surface area (Å²) in [7, 11) is 1.88.